The van der Waals surface area contributed by atoms with E-state index in [0.29, 0.717) is 28.3 Å². The third-order valence-electron chi connectivity index (χ3n) is 21.1. The van der Waals surface area contributed by atoms with Crippen molar-refractivity contribution in [1.29, 1.82) is 0 Å². The van der Waals surface area contributed by atoms with Crippen molar-refractivity contribution in [2.24, 2.45) is 92.7 Å². The number of unbranched alkanes of at least 4 members (excludes halogenated alkanes) is 1. The molecule has 0 aliphatic heterocycles. The Morgan fingerprint density at radius 3 is 1.28 bits per heavy atom. The first-order chi connectivity index (χ1) is 28.9. The van der Waals surface area contributed by atoms with Gasteiger partial charge in [0.15, 0.2) is 0 Å². The molecule has 3 heteroatoms. The minimum absolute atomic E-state index is 0.0766. The fraction of sp³-hybridized carbons (Fsp3) is 0.931. The highest BCUT2D eigenvalue weighted by molar-refractivity contribution is 5.27. The van der Waals surface area contributed by atoms with Crippen LogP contribution >= 0.6 is 0 Å². The van der Waals surface area contributed by atoms with E-state index in [4.69, 9.17) is 5.11 Å². The lowest BCUT2D eigenvalue weighted by Gasteiger charge is -2.58. The van der Waals surface area contributed by atoms with E-state index in [-0.39, 0.29) is 12.2 Å². The van der Waals surface area contributed by atoms with E-state index in [1.807, 2.05) is 0 Å². The summed E-state index contributed by atoms with van der Waals surface area (Å²) in [6.07, 6.45) is 36.4. The number of aliphatic hydroxyl groups is 3. The van der Waals surface area contributed by atoms with Crippen LogP contribution in [-0.4, -0.2) is 34.1 Å². The predicted octanol–water partition coefficient (Wildman–Crippen LogP) is 15.6. The predicted molar refractivity (Wildman–Crippen MR) is 260 cm³/mol. The smallest absolute Gasteiger partial charge is 0.0577 e. The van der Waals surface area contributed by atoms with Crippen LogP contribution < -0.4 is 0 Å². The van der Waals surface area contributed by atoms with Crippen LogP contribution in [0.25, 0.3) is 0 Å². The average Bonchev–Trinajstić information content (AvgIpc) is 3.76. The number of rotatable bonds is 12. The molecule has 0 saturated heterocycles. The maximum atomic E-state index is 10.2. The molecule has 8 aliphatic carbocycles. The lowest BCUT2D eigenvalue weighted by molar-refractivity contribution is -0.0573. The van der Waals surface area contributed by atoms with Crippen molar-refractivity contribution in [2.45, 2.75) is 242 Å². The third kappa shape index (κ3) is 10.4. The minimum atomic E-state index is -0.0766. The van der Waals surface area contributed by atoms with Crippen LogP contribution in [0.15, 0.2) is 23.3 Å². The molecule has 0 radical (unpaired) electrons. The first-order valence-corrected chi connectivity index (χ1v) is 27.3. The largest absolute Gasteiger partial charge is 0.396 e. The van der Waals surface area contributed by atoms with Gasteiger partial charge in [0.1, 0.15) is 0 Å². The van der Waals surface area contributed by atoms with Crippen LogP contribution in [0.4, 0.5) is 0 Å². The Labute approximate surface area is 379 Å². The van der Waals surface area contributed by atoms with Crippen molar-refractivity contribution >= 4 is 0 Å². The molecule has 6 saturated carbocycles. The topological polar surface area (TPSA) is 60.7 Å². The molecule has 16 atom stereocenters. The Hall–Kier alpha value is -0.640. The van der Waals surface area contributed by atoms with Gasteiger partial charge in [-0.05, 0) is 202 Å². The first-order valence-electron chi connectivity index (χ1n) is 27.3. The van der Waals surface area contributed by atoms with E-state index >= 15 is 0 Å². The molecule has 0 bridgehead atoms. The van der Waals surface area contributed by atoms with Crippen LogP contribution in [-0.2, 0) is 0 Å². The van der Waals surface area contributed by atoms with Gasteiger partial charge in [0.2, 0.25) is 0 Å². The number of fused-ring (bicyclic) bond motifs is 10. The van der Waals surface area contributed by atoms with Gasteiger partial charge in [0.25, 0.3) is 0 Å². The number of hydrogen-bond donors (Lipinski definition) is 3. The Kier molecular flexibility index (Phi) is 17.1. The molecule has 3 N–H and O–H groups in total. The lowest BCUT2D eigenvalue weighted by Crippen LogP contribution is -2.50. The van der Waals surface area contributed by atoms with Crippen molar-refractivity contribution in [3.63, 3.8) is 0 Å². The van der Waals surface area contributed by atoms with Crippen molar-refractivity contribution in [3.05, 3.63) is 23.3 Å². The summed E-state index contributed by atoms with van der Waals surface area (Å²) in [7, 11) is 0. The number of aliphatic hydroxyl groups excluding tert-OH is 3. The van der Waals surface area contributed by atoms with Crippen LogP contribution in [0.1, 0.15) is 230 Å². The Morgan fingerprint density at radius 1 is 0.525 bits per heavy atom. The molecule has 61 heavy (non-hydrogen) atoms. The standard InChI is InChI=1S/2C27H46O.C4H10O/c2*1-18(2)7-6-8-19(3)23-11-12-24-22-10-9-20-17-21(28)13-15-26(20,4)25(22)14-16-27(23,24)5;1-2-3-4-5/h2*9,18-19,21-25,28H,6-8,10-17H2,1-5H3;5H,2-4H2,1H3/t2*19-,21+,22+,23-,24+,25+,26+,27-;/m11./s1. The maximum Gasteiger partial charge on any atom is 0.0577 e. The van der Waals surface area contributed by atoms with Crippen molar-refractivity contribution in [3.8, 4) is 0 Å². The van der Waals surface area contributed by atoms with E-state index in [9.17, 15) is 10.2 Å². The average molecular weight is 847 g/mol. The van der Waals surface area contributed by atoms with E-state index in [1.165, 1.54) is 116 Å². The van der Waals surface area contributed by atoms with Gasteiger partial charge in [0, 0.05) is 6.61 Å². The lowest BCUT2D eigenvalue weighted by atomic mass is 9.47. The third-order valence-corrected chi connectivity index (χ3v) is 21.1. The summed E-state index contributed by atoms with van der Waals surface area (Å²) in [5, 5.41) is 28.5. The second-order valence-electron chi connectivity index (χ2n) is 25.4. The van der Waals surface area contributed by atoms with Crippen molar-refractivity contribution in [1.82, 2.24) is 0 Å². The molecule has 8 aliphatic rings. The molecule has 6 fully saturated rings. The van der Waals surface area contributed by atoms with Gasteiger partial charge in [-0.15, -0.1) is 0 Å². The summed E-state index contributed by atoms with van der Waals surface area (Å²) < 4.78 is 0. The van der Waals surface area contributed by atoms with Crippen LogP contribution in [0.3, 0.4) is 0 Å². The molecule has 3 nitrogen and oxygen atoms in total. The molecule has 0 aromatic rings. The zero-order valence-corrected chi connectivity index (χ0v) is 42.3. The molecular formula is C58H102O3. The zero-order valence-electron chi connectivity index (χ0n) is 42.3. The number of allylic oxidation sites excluding steroid dienone is 2. The van der Waals surface area contributed by atoms with Gasteiger partial charge in [-0.3, -0.25) is 0 Å². The maximum absolute atomic E-state index is 10.2. The van der Waals surface area contributed by atoms with Crippen LogP contribution in [0, 0.1) is 92.7 Å². The SMILES string of the molecule is CC(C)CCC[C@@H](C)[C@H]1CC[C@H]2[C@@H]3CC=C4C[C@@H](O)CC[C@]4(C)[C@H]3CC[C@]12C.CC(C)CCC[C@@H](C)[C@H]1CC[C@H]2[C@@H]3CC=C4C[C@@H](O)CC[C@]4(C)[C@H]3CC[C@]12C.CCCCO. The molecule has 8 rings (SSSR count). The quantitative estimate of drug-likeness (QED) is 0.172. The Balaban J connectivity index is 0.000000184. The summed E-state index contributed by atoms with van der Waals surface area (Å²) in [5.41, 5.74) is 5.21. The fourth-order valence-electron chi connectivity index (χ4n) is 17.5. The van der Waals surface area contributed by atoms with Gasteiger partial charge in [-0.1, -0.05) is 144 Å². The first kappa shape index (κ1) is 49.8. The van der Waals surface area contributed by atoms with Gasteiger partial charge >= 0.3 is 0 Å². The minimum Gasteiger partial charge on any atom is -0.396 e. The second kappa shape index (κ2) is 20.9. The fourth-order valence-corrected chi connectivity index (χ4v) is 17.5. The monoisotopic (exact) mass is 847 g/mol. The van der Waals surface area contributed by atoms with E-state index in [0.717, 1.165) is 110 Å². The Morgan fingerprint density at radius 2 is 0.934 bits per heavy atom. The van der Waals surface area contributed by atoms with Crippen molar-refractivity contribution in [2.75, 3.05) is 6.61 Å². The highest BCUT2D eigenvalue weighted by atomic mass is 16.3. The molecule has 0 unspecified atom stereocenters. The molecule has 0 aromatic heterocycles. The zero-order chi connectivity index (χ0) is 44.3. The van der Waals surface area contributed by atoms with E-state index in [2.05, 4.69) is 88.3 Å². The van der Waals surface area contributed by atoms with E-state index in [1.54, 1.807) is 11.1 Å². The molecule has 0 aromatic carbocycles. The van der Waals surface area contributed by atoms with Gasteiger partial charge in [-0.25, -0.2) is 0 Å². The molecule has 0 spiro atoms. The Bertz CT molecular complexity index is 1340. The van der Waals surface area contributed by atoms with Gasteiger partial charge < -0.3 is 15.3 Å². The summed E-state index contributed by atoms with van der Waals surface area (Å²) >= 11 is 0. The van der Waals surface area contributed by atoms with Gasteiger partial charge in [-0.2, -0.15) is 0 Å². The normalized spacial score (nSPS) is 43.4. The van der Waals surface area contributed by atoms with Crippen molar-refractivity contribution < 1.29 is 15.3 Å². The number of hydrogen-bond acceptors (Lipinski definition) is 3. The molecular weight excluding hydrogens is 745 g/mol. The van der Waals surface area contributed by atoms with E-state index < -0.39 is 0 Å². The highest BCUT2D eigenvalue weighted by Gasteiger charge is 2.60. The molecule has 352 valence electrons. The summed E-state index contributed by atoms with van der Waals surface area (Å²) in [5.74, 6) is 10.9. The summed E-state index contributed by atoms with van der Waals surface area (Å²) in [6.45, 7) is 27.5. The van der Waals surface area contributed by atoms with Crippen LogP contribution in [0.5, 0.6) is 0 Å². The summed E-state index contributed by atoms with van der Waals surface area (Å²) in [6, 6.07) is 0. The summed E-state index contributed by atoms with van der Waals surface area (Å²) in [4.78, 5) is 0. The van der Waals surface area contributed by atoms with Crippen LogP contribution in [0.2, 0.25) is 0 Å². The molecule has 0 heterocycles. The molecule has 0 amide bonds. The highest BCUT2D eigenvalue weighted by Crippen LogP contribution is 2.69. The second-order valence-corrected chi connectivity index (χ2v) is 25.4. The van der Waals surface area contributed by atoms with Gasteiger partial charge in [0.05, 0.1) is 12.2 Å².